The smallest absolute Gasteiger partial charge is 0.267 e. The van der Waals surface area contributed by atoms with Crippen LogP contribution >= 0.6 is 0 Å². The molecule has 1 aliphatic heterocycles. The molecule has 1 unspecified atom stereocenters. The lowest BCUT2D eigenvalue weighted by atomic mass is 10.1. The van der Waals surface area contributed by atoms with E-state index in [9.17, 15) is 9.59 Å². The average molecular weight is 335 g/mol. The zero-order chi connectivity index (χ0) is 18.0. The van der Waals surface area contributed by atoms with Crippen LogP contribution < -0.4 is 15.0 Å². The van der Waals surface area contributed by atoms with Crippen LogP contribution in [0.4, 0.5) is 11.4 Å². The lowest BCUT2D eigenvalue weighted by molar-refractivity contribution is -0.125. The topological polar surface area (TPSA) is 82.4 Å². The van der Waals surface area contributed by atoms with Gasteiger partial charge in [0.05, 0.1) is 23.7 Å². The number of anilines is 2. The van der Waals surface area contributed by atoms with Crippen LogP contribution in [0.2, 0.25) is 0 Å². The molecule has 1 heterocycles. The summed E-state index contributed by atoms with van der Waals surface area (Å²) in [5, 5.41) is 11.6. The number of hydrogen-bond donors (Lipinski definition) is 1. The van der Waals surface area contributed by atoms with Gasteiger partial charge >= 0.3 is 0 Å². The van der Waals surface area contributed by atoms with E-state index in [2.05, 4.69) is 5.32 Å². The van der Waals surface area contributed by atoms with E-state index in [-0.39, 0.29) is 18.2 Å². The SMILES string of the molecule is CC1Oc2ccc(CC(=O)Nc3ccc(C#N)cc3)cc2N(C)C1=O. The van der Waals surface area contributed by atoms with E-state index in [4.69, 9.17) is 10.00 Å². The Balaban J connectivity index is 1.72. The Labute approximate surface area is 145 Å². The number of rotatable bonds is 3. The minimum absolute atomic E-state index is 0.119. The molecule has 0 aliphatic carbocycles. The van der Waals surface area contributed by atoms with Crippen molar-refractivity contribution >= 4 is 23.2 Å². The van der Waals surface area contributed by atoms with E-state index in [0.717, 1.165) is 5.56 Å². The van der Waals surface area contributed by atoms with Gasteiger partial charge in [-0.15, -0.1) is 0 Å². The summed E-state index contributed by atoms with van der Waals surface area (Å²) < 4.78 is 5.57. The number of likely N-dealkylation sites (N-methyl/N-ethyl adjacent to an activating group) is 1. The molecule has 3 rings (SSSR count). The lowest BCUT2D eigenvalue weighted by Crippen LogP contribution is -2.42. The van der Waals surface area contributed by atoms with Crippen LogP contribution in [0.15, 0.2) is 42.5 Å². The zero-order valence-electron chi connectivity index (χ0n) is 13.9. The Morgan fingerprint density at radius 2 is 2.00 bits per heavy atom. The van der Waals surface area contributed by atoms with Crippen molar-refractivity contribution in [2.24, 2.45) is 0 Å². The van der Waals surface area contributed by atoms with E-state index in [1.807, 2.05) is 12.1 Å². The lowest BCUT2D eigenvalue weighted by Gasteiger charge is -2.30. The maximum atomic E-state index is 12.2. The minimum Gasteiger partial charge on any atom is -0.479 e. The number of carbonyl (C=O) groups excluding carboxylic acids is 2. The highest BCUT2D eigenvalue weighted by Gasteiger charge is 2.28. The maximum absolute atomic E-state index is 12.2. The first-order valence-electron chi connectivity index (χ1n) is 7.85. The van der Waals surface area contributed by atoms with Crippen LogP contribution in [0, 0.1) is 11.3 Å². The summed E-state index contributed by atoms with van der Waals surface area (Å²) in [6.45, 7) is 1.71. The van der Waals surface area contributed by atoms with Gasteiger partial charge in [-0.05, 0) is 48.9 Å². The molecule has 0 aromatic heterocycles. The van der Waals surface area contributed by atoms with Crippen molar-refractivity contribution in [3.8, 4) is 11.8 Å². The van der Waals surface area contributed by atoms with Crippen molar-refractivity contribution in [3.05, 3.63) is 53.6 Å². The van der Waals surface area contributed by atoms with E-state index >= 15 is 0 Å². The van der Waals surface area contributed by atoms with Gasteiger partial charge in [0.25, 0.3) is 5.91 Å². The molecule has 0 radical (unpaired) electrons. The molecule has 1 aliphatic rings. The first-order chi connectivity index (χ1) is 12.0. The fourth-order valence-electron chi connectivity index (χ4n) is 2.69. The van der Waals surface area contributed by atoms with Gasteiger partial charge < -0.3 is 15.0 Å². The molecule has 0 fully saturated rings. The normalized spacial score (nSPS) is 15.8. The Hall–Kier alpha value is -3.33. The summed E-state index contributed by atoms with van der Waals surface area (Å²) in [5.74, 6) is 0.335. The number of carbonyl (C=O) groups is 2. The predicted molar refractivity (Wildman–Crippen MR) is 93.4 cm³/mol. The van der Waals surface area contributed by atoms with Crippen molar-refractivity contribution in [1.29, 1.82) is 5.26 Å². The molecular formula is C19H17N3O3. The molecule has 2 aromatic carbocycles. The fraction of sp³-hybridized carbons (Fsp3) is 0.211. The van der Waals surface area contributed by atoms with Crippen LogP contribution in [0.3, 0.4) is 0 Å². The van der Waals surface area contributed by atoms with E-state index < -0.39 is 6.10 Å². The second-order valence-electron chi connectivity index (χ2n) is 5.87. The zero-order valence-corrected chi connectivity index (χ0v) is 13.9. The highest BCUT2D eigenvalue weighted by molar-refractivity contribution is 5.99. The second-order valence-corrected chi connectivity index (χ2v) is 5.87. The first kappa shape index (κ1) is 16.5. The van der Waals surface area contributed by atoms with Gasteiger partial charge in [-0.2, -0.15) is 5.26 Å². The number of benzene rings is 2. The molecule has 6 heteroatoms. The third-order valence-corrected chi connectivity index (χ3v) is 4.03. The summed E-state index contributed by atoms with van der Waals surface area (Å²) >= 11 is 0. The van der Waals surface area contributed by atoms with E-state index in [1.165, 1.54) is 0 Å². The molecule has 25 heavy (non-hydrogen) atoms. The standard InChI is InChI=1S/C19H17N3O3/c1-12-19(24)22(2)16-9-14(5-8-17(16)25-12)10-18(23)21-15-6-3-13(11-20)4-7-15/h3-9,12H,10H2,1-2H3,(H,21,23). The molecule has 1 atom stereocenters. The Bertz CT molecular complexity index is 868. The van der Waals surface area contributed by atoms with Crippen molar-refractivity contribution in [2.75, 3.05) is 17.3 Å². The van der Waals surface area contributed by atoms with Gasteiger partial charge in [0.1, 0.15) is 5.75 Å². The minimum atomic E-state index is -0.511. The third-order valence-electron chi connectivity index (χ3n) is 4.03. The molecule has 0 saturated carbocycles. The third kappa shape index (κ3) is 3.45. The number of amides is 2. The quantitative estimate of drug-likeness (QED) is 0.934. The summed E-state index contributed by atoms with van der Waals surface area (Å²) in [5.41, 5.74) is 2.61. The number of ether oxygens (including phenoxy) is 1. The number of nitrogens with zero attached hydrogens (tertiary/aromatic N) is 2. The van der Waals surface area contributed by atoms with Crippen LogP contribution in [-0.2, 0) is 16.0 Å². The van der Waals surface area contributed by atoms with E-state index in [1.54, 1.807) is 55.3 Å². The Morgan fingerprint density at radius 3 is 2.68 bits per heavy atom. The van der Waals surface area contributed by atoms with E-state index in [0.29, 0.717) is 22.7 Å². The monoisotopic (exact) mass is 335 g/mol. The Kier molecular flexibility index (Phi) is 4.40. The number of fused-ring (bicyclic) bond motifs is 1. The van der Waals surface area contributed by atoms with Crippen LogP contribution in [0.1, 0.15) is 18.1 Å². The molecule has 0 saturated heterocycles. The molecule has 6 nitrogen and oxygen atoms in total. The summed E-state index contributed by atoms with van der Waals surface area (Å²) in [6, 6.07) is 14.1. The van der Waals surface area contributed by atoms with Gasteiger partial charge in [-0.3, -0.25) is 9.59 Å². The van der Waals surface area contributed by atoms with Gasteiger partial charge in [0.2, 0.25) is 5.91 Å². The van der Waals surface area contributed by atoms with Crippen LogP contribution in [0.5, 0.6) is 5.75 Å². The molecule has 126 valence electrons. The van der Waals surface area contributed by atoms with Crippen LogP contribution in [-0.4, -0.2) is 25.0 Å². The van der Waals surface area contributed by atoms with Gasteiger partial charge in [0, 0.05) is 12.7 Å². The van der Waals surface area contributed by atoms with Gasteiger partial charge in [-0.25, -0.2) is 0 Å². The number of nitrogens with one attached hydrogen (secondary N) is 1. The van der Waals surface area contributed by atoms with Crippen molar-refractivity contribution in [2.45, 2.75) is 19.4 Å². The highest BCUT2D eigenvalue weighted by atomic mass is 16.5. The van der Waals surface area contributed by atoms with Gasteiger partial charge in [0.15, 0.2) is 6.10 Å². The van der Waals surface area contributed by atoms with Crippen molar-refractivity contribution in [1.82, 2.24) is 0 Å². The highest BCUT2D eigenvalue weighted by Crippen LogP contribution is 2.34. The molecular weight excluding hydrogens is 318 g/mol. The summed E-state index contributed by atoms with van der Waals surface area (Å²) in [6.07, 6.45) is -0.340. The van der Waals surface area contributed by atoms with Crippen molar-refractivity contribution < 1.29 is 14.3 Å². The van der Waals surface area contributed by atoms with Crippen LogP contribution in [0.25, 0.3) is 0 Å². The number of hydrogen-bond acceptors (Lipinski definition) is 4. The summed E-state index contributed by atoms with van der Waals surface area (Å²) in [7, 11) is 1.70. The fourth-order valence-corrected chi connectivity index (χ4v) is 2.69. The number of nitriles is 1. The molecule has 2 amide bonds. The molecule has 2 aromatic rings. The Morgan fingerprint density at radius 1 is 1.28 bits per heavy atom. The summed E-state index contributed by atoms with van der Waals surface area (Å²) in [4.78, 5) is 25.8. The van der Waals surface area contributed by atoms with Crippen molar-refractivity contribution in [3.63, 3.8) is 0 Å². The van der Waals surface area contributed by atoms with Gasteiger partial charge in [-0.1, -0.05) is 6.07 Å². The molecule has 1 N–H and O–H groups in total. The average Bonchev–Trinajstić information content (AvgIpc) is 2.61. The first-order valence-corrected chi connectivity index (χ1v) is 7.85. The predicted octanol–water partition coefficient (Wildman–Crippen LogP) is 2.48. The maximum Gasteiger partial charge on any atom is 0.267 e. The second kappa shape index (κ2) is 6.65. The largest absolute Gasteiger partial charge is 0.479 e. The molecule has 0 bridgehead atoms. The molecule has 0 spiro atoms.